The summed E-state index contributed by atoms with van der Waals surface area (Å²) in [6.45, 7) is 3.40. The molecule has 1 unspecified atom stereocenters. The largest absolute Gasteiger partial charge is 0.316 e. The third-order valence-electron chi connectivity index (χ3n) is 1.84. The van der Waals surface area contributed by atoms with Crippen LogP contribution >= 0.6 is 23.5 Å². The molecule has 1 fully saturated rings. The second kappa shape index (κ2) is 3.83. The second-order valence-corrected chi connectivity index (χ2v) is 5.36. The zero-order chi connectivity index (χ0) is 7.52. The Hall–Kier alpha value is 0.330. The van der Waals surface area contributed by atoms with Crippen LogP contribution in [0, 0.1) is 0 Å². The monoisotopic (exact) mass is 188 g/mol. The van der Waals surface area contributed by atoms with Crippen LogP contribution in [0.5, 0.6) is 0 Å². The molecule has 2 aliphatic heterocycles. The first-order valence-corrected chi connectivity index (χ1v) is 5.86. The van der Waals surface area contributed by atoms with Gasteiger partial charge in [-0.15, -0.1) is 0 Å². The van der Waals surface area contributed by atoms with E-state index < -0.39 is 0 Å². The molecule has 0 bridgehead atoms. The molecule has 1 saturated heterocycles. The van der Waals surface area contributed by atoms with Crippen LogP contribution in [-0.2, 0) is 0 Å². The Kier molecular flexibility index (Phi) is 2.77. The highest BCUT2D eigenvalue weighted by molar-refractivity contribution is 8.39. The van der Waals surface area contributed by atoms with E-state index in [2.05, 4.69) is 10.3 Å². The van der Waals surface area contributed by atoms with Crippen molar-refractivity contribution in [3.05, 3.63) is 0 Å². The van der Waals surface area contributed by atoms with E-state index in [0.717, 1.165) is 11.8 Å². The molecule has 0 saturated carbocycles. The summed E-state index contributed by atoms with van der Waals surface area (Å²) in [6.07, 6.45) is 1.31. The number of rotatable bonds is 1. The lowest BCUT2D eigenvalue weighted by atomic mass is 10.4. The van der Waals surface area contributed by atoms with Gasteiger partial charge in [0.15, 0.2) is 0 Å². The second-order valence-electron chi connectivity index (χ2n) is 2.73. The molecule has 2 aliphatic rings. The fourth-order valence-corrected chi connectivity index (χ4v) is 3.62. The predicted octanol–water partition coefficient (Wildman–Crippen LogP) is 1.18. The Morgan fingerprint density at radius 3 is 3.27 bits per heavy atom. The van der Waals surface area contributed by atoms with Gasteiger partial charge in [0.05, 0.1) is 6.54 Å². The molecule has 62 valence electrons. The summed E-state index contributed by atoms with van der Waals surface area (Å²) < 4.78 is 1.32. The van der Waals surface area contributed by atoms with Gasteiger partial charge in [-0.05, 0) is 13.0 Å². The molecule has 0 aromatic carbocycles. The number of nitrogens with one attached hydrogen (secondary N) is 1. The minimum Gasteiger partial charge on any atom is -0.316 e. The van der Waals surface area contributed by atoms with E-state index in [9.17, 15) is 0 Å². The van der Waals surface area contributed by atoms with Crippen LogP contribution in [0.4, 0.5) is 0 Å². The van der Waals surface area contributed by atoms with Gasteiger partial charge in [-0.1, -0.05) is 23.5 Å². The van der Waals surface area contributed by atoms with E-state index in [1.807, 2.05) is 23.5 Å². The van der Waals surface area contributed by atoms with Gasteiger partial charge < -0.3 is 5.32 Å². The van der Waals surface area contributed by atoms with Crippen LogP contribution in [0.25, 0.3) is 0 Å². The quantitative estimate of drug-likeness (QED) is 0.669. The van der Waals surface area contributed by atoms with Crippen LogP contribution in [0.2, 0.25) is 0 Å². The summed E-state index contributed by atoms with van der Waals surface area (Å²) in [7, 11) is 0. The molecule has 0 spiro atoms. The van der Waals surface area contributed by atoms with Crippen molar-refractivity contribution >= 4 is 27.9 Å². The lowest BCUT2D eigenvalue weighted by Gasteiger charge is -2.05. The molecule has 0 amide bonds. The average molecular weight is 188 g/mol. The lowest BCUT2D eigenvalue weighted by Crippen LogP contribution is -2.10. The summed E-state index contributed by atoms with van der Waals surface area (Å²) in [5.41, 5.74) is 0. The van der Waals surface area contributed by atoms with Crippen LogP contribution in [0.1, 0.15) is 6.42 Å². The van der Waals surface area contributed by atoms with Gasteiger partial charge in [0.1, 0.15) is 4.38 Å². The SMILES string of the molecule is C1CSC(SC2CCNC2)=N1. The van der Waals surface area contributed by atoms with Crippen molar-refractivity contribution in [2.75, 3.05) is 25.4 Å². The smallest absolute Gasteiger partial charge is 0.124 e. The van der Waals surface area contributed by atoms with E-state index >= 15 is 0 Å². The molecule has 2 nitrogen and oxygen atoms in total. The Morgan fingerprint density at radius 1 is 1.64 bits per heavy atom. The number of nitrogens with zero attached hydrogens (tertiary/aromatic N) is 1. The molecule has 0 aromatic rings. The van der Waals surface area contributed by atoms with Crippen LogP contribution in [-0.4, -0.2) is 35.0 Å². The summed E-state index contributed by atoms with van der Waals surface area (Å²) in [6, 6.07) is 0. The minimum atomic E-state index is 0.791. The summed E-state index contributed by atoms with van der Waals surface area (Å²) in [5, 5.41) is 4.15. The molecule has 1 N–H and O–H groups in total. The third kappa shape index (κ3) is 2.13. The van der Waals surface area contributed by atoms with Gasteiger partial charge in [-0.2, -0.15) is 0 Å². The van der Waals surface area contributed by atoms with E-state index in [0.29, 0.717) is 0 Å². The van der Waals surface area contributed by atoms with Crippen molar-refractivity contribution in [3.63, 3.8) is 0 Å². The predicted molar refractivity (Wildman–Crippen MR) is 53.6 cm³/mol. The first kappa shape index (κ1) is 7.95. The third-order valence-corrected chi connectivity index (χ3v) is 4.31. The summed E-state index contributed by atoms with van der Waals surface area (Å²) >= 11 is 3.88. The first-order chi connectivity index (χ1) is 5.45. The number of hydrogen-bond donors (Lipinski definition) is 1. The Balaban J connectivity index is 1.79. The Labute approximate surface area is 75.6 Å². The molecule has 2 heterocycles. The maximum Gasteiger partial charge on any atom is 0.124 e. The molecule has 0 aliphatic carbocycles. The van der Waals surface area contributed by atoms with Gasteiger partial charge in [0, 0.05) is 17.5 Å². The van der Waals surface area contributed by atoms with E-state index in [4.69, 9.17) is 0 Å². The highest BCUT2D eigenvalue weighted by Gasteiger charge is 2.19. The molecular weight excluding hydrogens is 176 g/mol. The maximum atomic E-state index is 4.41. The van der Waals surface area contributed by atoms with E-state index in [1.165, 1.54) is 29.6 Å². The van der Waals surface area contributed by atoms with E-state index in [-0.39, 0.29) is 0 Å². The number of thioether (sulfide) groups is 2. The zero-order valence-corrected chi connectivity index (χ0v) is 8.01. The molecule has 4 heteroatoms. The fraction of sp³-hybridized carbons (Fsp3) is 0.857. The van der Waals surface area contributed by atoms with Gasteiger partial charge in [0.2, 0.25) is 0 Å². The van der Waals surface area contributed by atoms with E-state index in [1.54, 1.807) is 0 Å². The topological polar surface area (TPSA) is 24.4 Å². The number of hydrogen-bond acceptors (Lipinski definition) is 4. The Bertz CT molecular complexity index is 164. The average Bonchev–Trinajstić information content (AvgIpc) is 2.60. The van der Waals surface area contributed by atoms with Crippen LogP contribution in [0.3, 0.4) is 0 Å². The molecule has 11 heavy (non-hydrogen) atoms. The standard InChI is InChI=1S/C7H12N2S2/c1-2-8-5-6(1)11-7-9-3-4-10-7/h6,8H,1-5H2. The van der Waals surface area contributed by atoms with Crippen molar-refractivity contribution in [3.8, 4) is 0 Å². The summed E-state index contributed by atoms with van der Waals surface area (Å²) in [5.74, 6) is 1.20. The van der Waals surface area contributed by atoms with Crippen LogP contribution in [0.15, 0.2) is 4.99 Å². The molecular formula is C7H12N2S2. The zero-order valence-electron chi connectivity index (χ0n) is 6.38. The van der Waals surface area contributed by atoms with Gasteiger partial charge in [-0.25, -0.2) is 0 Å². The highest BCUT2D eigenvalue weighted by Crippen LogP contribution is 2.28. The van der Waals surface area contributed by atoms with Gasteiger partial charge in [0.25, 0.3) is 0 Å². The fourth-order valence-electron chi connectivity index (χ4n) is 1.26. The van der Waals surface area contributed by atoms with Crippen molar-refractivity contribution in [1.29, 1.82) is 0 Å². The summed E-state index contributed by atoms with van der Waals surface area (Å²) in [4.78, 5) is 4.41. The minimum absolute atomic E-state index is 0.791. The molecule has 1 atom stereocenters. The first-order valence-electron chi connectivity index (χ1n) is 4.00. The Morgan fingerprint density at radius 2 is 2.64 bits per heavy atom. The molecule has 2 rings (SSSR count). The highest BCUT2D eigenvalue weighted by atomic mass is 32.2. The van der Waals surface area contributed by atoms with Crippen molar-refractivity contribution in [2.24, 2.45) is 4.99 Å². The van der Waals surface area contributed by atoms with Gasteiger partial charge >= 0.3 is 0 Å². The van der Waals surface area contributed by atoms with Crippen molar-refractivity contribution < 1.29 is 0 Å². The molecule has 0 radical (unpaired) electrons. The van der Waals surface area contributed by atoms with Gasteiger partial charge in [-0.3, -0.25) is 4.99 Å². The molecule has 0 aromatic heterocycles. The van der Waals surface area contributed by atoms with Crippen LogP contribution < -0.4 is 5.32 Å². The lowest BCUT2D eigenvalue weighted by molar-refractivity contribution is 0.859. The maximum absolute atomic E-state index is 4.41. The van der Waals surface area contributed by atoms with Crippen molar-refractivity contribution in [1.82, 2.24) is 5.32 Å². The normalized spacial score (nSPS) is 30.9. The number of aliphatic imine (C=N–C) groups is 1. The van der Waals surface area contributed by atoms with Crippen molar-refractivity contribution in [2.45, 2.75) is 11.7 Å².